The highest BCUT2D eigenvalue weighted by Gasteiger charge is 2.14. The summed E-state index contributed by atoms with van der Waals surface area (Å²) in [6, 6.07) is 8.46. The molecule has 0 aliphatic heterocycles. The van der Waals surface area contributed by atoms with Crippen molar-refractivity contribution >= 4 is 23.3 Å². The highest BCUT2D eigenvalue weighted by atomic mass is 16.5. The number of carbonyl (C=O) groups is 2. The number of anilines is 2. The summed E-state index contributed by atoms with van der Waals surface area (Å²) in [6.07, 6.45) is 6.56. The van der Waals surface area contributed by atoms with Crippen LogP contribution in [0.2, 0.25) is 0 Å². The first-order valence-electron chi connectivity index (χ1n) is 8.33. The molecule has 0 unspecified atom stereocenters. The zero-order valence-electron chi connectivity index (χ0n) is 14.5. The lowest BCUT2D eigenvalue weighted by Crippen LogP contribution is -2.16. The average Bonchev–Trinajstić information content (AvgIpc) is 2.65. The Morgan fingerprint density at radius 1 is 1.16 bits per heavy atom. The van der Waals surface area contributed by atoms with Crippen molar-refractivity contribution < 1.29 is 14.3 Å². The second kappa shape index (κ2) is 9.42. The number of hydrogen-bond acceptors (Lipinski definition) is 5. The van der Waals surface area contributed by atoms with Gasteiger partial charge in [0.05, 0.1) is 29.6 Å². The molecule has 0 aliphatic carbocycles. The monoisotopic (exact) mass is 341 g/mol. The fourth-order valence-electron chi connectivity index (χ4n) is 2.34. The lowest BCUT2D eigenvalue weighted by Gasteiger charge is -2.11. The largest absolute Gasteiger partial charge is 0.465 e. The van der Waals surface area contributed by atoms with Gasteiger partial charge < -0.3 is 15.4 Å². The fourth-order valence-corrected chi connectivity index (χ4v) is 2.34. The second-order valence-electron chi connectivity index (χ2n) is 5.59. The Bertz CT molecular complexity index is 731. The van der Waals surface area contributed by atoms with E-state index in [-0.39, 0.29) is 5.91 Å². The summed E-state index contributed by atoms with van der Waals surface area (Å²) >= 11 is 0. The Morgan fingerprint density at radius 2 is 1.96 bits per heavy atom. The van der Waals surface area contributed by atoms with E-state index in [0.29, 0.717) is 16.8 Å². The quantitative estimate of drug-likeness (QED) is 0.565. The van der Waals surface area contributed by atoms with Gasteiger partial charge in [-0.3, -0.25) is 9.78 Å². The van der Waals surface area contributed by atoms with E-state index in [1.807, 2.05) is 0 Å². The molecule has 0 saturated heterocycles. The van der Waals surface area contributed by atoms with Gasteiger partial charge in [0.25, 0.3) is 5.91 Å². The van der Waals surface area contributed by atoms with Crippen LogP contribution >= 0.6 is 0 Å². The SMILES string of the molecule is CCCCCNc1cncc(C(=O)Nc2ccccc2C(=O)OC)c1. The van der Waals surface area contributed by atoms with E-state index < -0.39 is 5.97 Å². The maximum Gasteiger partial charge on any atom is 0.339 e. The molecular formula is C19H23N3O3. The van der Waals surface area contributed by atoms with E-state index in [9.17, 15) is 9.59 Å². The molecule has 0 atom stereocenters. The number of carbonyl (C=O) groups excluding carboxylic acids is 2. The van der Waals surface area contributed by atoms with Gasteiger partial charge in [-0.15, -0.1) is 0 Å². The second-order valence-corrected chi connectivity index (χ2v) is 5.59. The summed E-state index contributed by atoms with van der Waals surface area (Å²) in [6.45, 7) is 2.99. The van der Waals surface area contributed by atoms with Gasteiger partial charge in [-0.25, -0.2) is 4.79 Å². The third kappa shape index (κ3) is 5.31. The summed E-state index contributed by atoms with van der Waals surface area (Å²) in [5.41, 5.74) is 1.92. The third-order valence-corrected chi connectivity index (χ3v) is 3.69. The van der Waals surface area contributed by atoms with Crippen molar-refractivity contribution in [3.05, 3.63) is 53.9 Å². The molecule has 0 saturated carbocycles. The minimum atomic E-state index is -0.500. The van der Waals surface area contributed by atoms with Crippen molar-refractivity contribution in [2.24, 2.45) is 0 Å². The molecule has 0 radical (unpaired) electrons. The lowest BCUT2D eigenvalue weighted by molar-refractivity contribution is 0.0602. The van der Waals surface area contributed by atoms with Crippen LogP contribution in [0.5, 0.6) is 0 Å². The highest BCUT2D eigenvalue weighted by molar-refractivity contribution is 6.08. The van der Waals surface area contributed by atoms with E-state index in [2.05, 4.69) is 22.5 Å². The van der Waals surface area contributed by atoms with Crippen molar-refractivity contribution in [1.29, 1.82) is 0 Å². The molecule has 2 N–H and O–H groups in total. The molecule has 2 rings (SSSR count). The van der Waals surface area contributed by atoms with Crippen LogP contribution in [0.4, 0.5) is 11.4 Å². The minimum absolute atomic E-state index is 0.306. The van der Waals surface area contributed by atoms with Crippen LogP contribution in [0.15, 0.2) is 42.7 Å². The summed E-state index contributed by atoms with van der Waals surface area (Å²) in [5, 5.41) is 6.00. The number of para-hydroxylation sites is 1. The molecule has 1 aromatic heterocycles. The number of ether oxygens (including phenoxy) is 1. The number of unbranched alkanes of at least 4 members (excludes halogenated alkanes) is 2. The molecule has 1 heterocycles. The number of methoxy groups -OCH3 is 1. The minimum Gasteiger partial charge on any atom is -0.465 e. The van der Waals surface area contributed by atoms with Crippen molar-refractivity contribution in [2.75, 3.05) is 24.3 Å². The van der Waals surface area contributed by atoms with Crippen LogP contribution in [0.1, 0.15) is 46.9 Å². The average molecular weight is 341 g/mol. The normalized spacial score (nSPS) is 10.2. The summed E-state index contributed by atoms with van der Waals surface area (Å²) in [5.74, 6) is -0.832. The van der Waals surface area contributed by atoms with Crippen molar-refractivity contribution in [3.8, 4) is 0 Å². The molecule has 132 valence electrons. The maximum atomic E-state index is 12.5. The van der Waals surface area contributed by atoms with Gasteiger partial charge >= 0.3 is 5.97 Å². The van der Waals surface area contributed by atoms with Gasteiger partial charge in [-0.05, 0) is 24.6 Å². The Kier molecular flexibility index (Phi) is 6.95. The number of nitrogens with zero attached hydrogens (tertiary/aromatic N) is 1. The highest BCUT2D eigenvalue weighted by Crippen LogP contribution is 2.18. The van der Waals surface area contributed by atoms with Gasteiger partial charge in [0.15, 0.2) is 0 Å². The number of aromatic nitrogens is 1. The molecule has 6 heteroatoms. The summed E-state index contributed by atoms with van der Waals surface area (Å²) in [7, 11) is 1.30. The number of nitrogens with one attached hydrogen (secondary N) is 2. The van der Waals surface area contributed by atoms with Crippen molar-refractivity contribution in [1.82, 2.24) is 4.98 Å². The van der Waals surface area contributed by atoms with E-state index >= 15 is 0 Å². The molecule has 1 aromatic carbocycles. The molecule has 0 aliphatic rings. The first kappa shape index (κ1) is 18.4. The Labute approximate surface area is 147 Å². The summed E-state index contributed by atoms with van der Waals surface area (Å²) in [4.78, 5) is 28.4. The Balaban J connectivity index is 2.08. The molecule has 25 heavy (non-hydrogen) atoms. The first-order valence-corrected chi connectivity index (χ1v) is 8.33. The van der Waals surface area contributed by atoms with Gasteiger partial charge in [-0.1, -0.05) is 31.9 Å². The van der Waals surface area contributed by atoms with Gasteiger partial charge in [-0.2, -0.15) is 0 Å². The molecule has 6 nitrogen and oxygen atoms in total. The maximum absolute atomic E-state index is 12.5. The van der Waals surface area contributed by atoms with Crippen LogP contribution in [-0.2, 0) is 4.74 Å². The fraction of sp³-hybridized carbons (Fsp3) is 0.316. The van der Waals surface area contributed by atoms with Crippen molar-refractivity contribution in [3.63, 3.8) is 0 Å². The number of rotatable bonds is 8. The van der Waals surface area contributed by atoms with Crippen LogP contribution in [0, 0.1) is 0 Å². The number of benzene rings is 1. The summed E-state index contributed by atoms with van der Waals surface area (Å²) < 4.78 is 4.73. The number of amides is 1. The third-order valence-electron chi connectivity index (χ3n) is 3.69. The Morgan fingerprint density at radius 3 is 2.72 bits per heavy atom. The molecule has 0 spiro atoms. The van der Waals surface area contributed by atoms with E-state index in [1.54, 1.807) is 36.5 Å². The van der Waals surface area contributed by atoms with Crippen molar-refractivity contribution in [2.45, 2.75) is 26.2 Å². The molecule has 0 fully saturated rings. The standard InChI is InChI=1S/C19H23N3O3/c1-3-4-7-10-21-15-11-14(12-20-13-15)18(23)22-17-9-6-5-8-16(17)19(24)25-2/h5-6,8-9,11-13,21H,3-4,7,10H2,1-2H3,(H,22,23). The van der Waals surface area contributed by atoms with Crippen LogP contribution in [0.3, 0.4) is 0 Å². The van der Waals surface area contributed by atoms with Gasteiger partial charge in [0.2, 0.25) is 0 Å². The zero-order valence-corrected chi connectivity index (χ0v) is 14.5. The number of hydrogen-bond donors (Lipinski definition) is 2. The first-order chi connectivity index (χ1) is 12.2. The van der Waals surface area contributed by atoms with Crippen LogP contribution in [-0.4, -0.2) is 30.5 Å². The molecular weight excluding hydrogens is 318 g/mol. The van der Waals surface area contributed by atoms with Crippen LogP contribution in [0.25, 0.3) is 0 Å². The van der Waals surface area contributed by atoms with Gasteiger partial charge in [0, 0.05) is 18.9 Å². The number of esters is 1. The Hall–Kier alpha value is -2.89. The van der Waals surface area contributed by atoms with E-state index in [1.165, 1.54) is 13.3 Å². The molecule has 2 aromatic rings. The molecule has 0 bridgehead atoms. The van der Waals surface area contributed by atoms with Gasteiger partial charge in [0.1, 0.15) is 0 Å². The van der Waals surface area contributed by atoms with E-state index in [0.717, 1.165) is 31.5 Å². The molecule has 1 amide bonds. The zero-order chi connectivity index (χ0) is 18.1. The van der Waals surface area contributed by atoms with Crippen LogP contribution < -0.4 is 10.6 Å². The van der Waals surface area contributed by atoms with E-state index in [4.69, 9.17) is 4.74 Å². The predicted octanol–water partition coefficient (Wildman–Crippen LogP) is 3.72. The smallest absolute Gasteiger partial charge is 0.339 e. The number of pyridine rings is 1. The predicted molar refractivity (Wildman–Crippen MR) is 98.0 cm³/mol. The lowest BCUT2D eigenvalue weighted by atomic mass is 10.1. The topological polar surface area (TPSA) is 80.3 Å².